The summed E-state index contributed by atoms with van der Waals surface area (Å²) in [7, 11) is 1.46. The average Bonchev–Trinajstić information content (AvgIpc) is 3.08. The van der Waals surface area contributed by atoms with Crippen molar-refractivity contribution in [3.8, 4) is 11.5 Å². The maximum atomic E-state index is 12.7. The second-order valence-corrected chi connectivity index (χ2v) is 5.84. The Balaban J connectivity index is 1.77. The molecular formula is C16H15ClF3N3O3. The standard InChI is InChI=1S/C16H15ClF3N3O3/c1-24-13-6-9(26-10-4-5-25-8-10)2-3-12(13)22-15-21-7-11(14(17)23-15)16(18,19)20/h2-3,6-7,10H,4-5,8H2,1H3,(H,21,22,23). The number of anilines is 2. The summed E-state index contributed by atoms with van der Waals surface area (Å²) in [5.74, 6) is 0.925. The van der Waals surface area contributed by atoms with E-state index in [9.17, 15) is 13.2 Å². The van der Waals surface area contributed by atoms with Gasteiger partial charge in [0, 0.05) is 18.7 Å². The van der Waals surface area contributed by atoms with Crippen LogP contribution in [0.5, 0.6) is 11.5 Å². The number of hydrogen-bond acceptors (Lipinski definition) is 6. The molecule has 1 fully saturated rings. The van der Waals surface area contributed by atoms with E-state index in [1.54, 1.807) is 18.2 Å². The van der Waals surface area contributed by atoms with Crippen LogP contribution in [0, 0.1) is 0 Å². The third kappa shape index (κ3) is 4.28. The highest BCUT2D eigenvalue weighted by Gasteiger charge is 2.34. The molecule has 2 heterocycles. The molecule has 0 radical (unpaired) electrons. The van der Waals surface area contributed by atoms with E-state index in [1.807, 2.05) is 0 Å². The number of methoxy groups -OCH3 is 1. The first-order valence-electron chi connectivity index (χ1n) is 7.66. The number of ether oxygens (including phenoxy) is 3. The van der Waals surface area contributed by atoms with Gasteiger partial charge in [-0.05, 0) is 12.1 Å². The van der Waals surface area contributed by atoms with E-state index in [0.717, 1.165) is 6.42 Å². The van der Waals surface area contributed by atoms with Crippen molar-refractivity contribution in [1.82, 2.24) is 9.97 Å². The highest BCUT2D eigenvalue weighted by molar-refractivity contribution is 6.30. The summed E-state index contributed by atoms with van der Waals surface area (Å²) in [5, 5.41) is 2.10. The molecule has 2 aromatic rings. The fourth-order valence-corrected chi connectivity index (χ4v) is 2.61. The molecule has 3 rings (SSSR count). The molecular weight excluding hydrogens is 375 g/mol. The van der Waals surface area contributed by atoms with Crippen molar-refractivity contribution in [2.45, 2.75) is 18.7 Å². The second-order valence-electron chi connectivity index (χ2n) is 5.49. The topological polar surface area (TPSA) is 65.5 Å². The van der Waals surface area contributed by atoms with Gasteiger partial charge in [-0.2, -0.15) is 13.2 Å². The molecule has 1 saturated heterocycles. The van der Waals surface area contributed by atoms with Crippen LogP contribution in [-0.2, 0) is 10.9 Å². The summed E-state index contributed by atoms with van der Waals surface area (Å²) in [6, 6.07) is 5.01. The lowest BCUT2D eigenvalue weighted by Gasteiger charge is -2.15. The SMILES string of the molecule is COc1cc(OC2CCOC2)ccc1Nc1ncc(C(F)(F)F)c(Cl)n1. The van der Waals surface area contributed by atoms with E-state index in [-0.39, 0.29) is 12.1 Å². The lowest BCUT2D eigenvalue weighted by atomic mass is 10.2. The third-order valence-electron chi connectivity index (χ3n) is 3.66. The minimum atomic E-state index is -4.61. The van der Waals surface area contributed by atoms with Gasteiger partial charge in [-0.3, -0.25) is 0 Å². The summed E-state index contributed by atoms with van der Waals surface area (Å²) in [6.07, 6.45) is -3.20. The minimum Gasteiger partial charge on any atom is -0.494 e. The van der Waals surface area contributed by atoms with Gasteiger partial charge in [-0.1, -0.05) is 11.6 Å². The van der Waals surface area contributed by atoms with Gasteiger partial charge in [0.1, 0.15) is 28.3 Å². The molecule has 1 aromatic carbocycles. The van der Waals surface area contributed by atoms with Gasteiger partial charge in [-0.25, -0.2) is 9.97 Å². The van der Waals surface area contributed by atoms with Gasteiger partial charge in [0.05, 0.1) is 26.0 Å². The van der Waals surface area contributed by atoms with E-state index < -0.39 is 16.9 Å². The Bertz CT molecular complexity index is 783. The number of aromatic nitrogens is 2. The number of hydrogen-bond donors (Lipinski definition) is 1. The molecule has 0 saturated carbocycles. The first-order chi connectivity index (χ1) is 12.4. The highest BCUT2D eigenvalue weighted by atomic mass is 35.5. The molecule has 26 heavy (non-hydrogen) atoms. The molecule has 1 aromatic heterocycles. The summed E-state index contributed by atoms with van der Waals surface area (Å²) in [6.45, 7) is 1.19. The van der Waals surface area contributed by atoms with Gasteiger partial charge in [0.15, 0.2) is 0 Å². The minimum absolute atomic E-state index is 0.0180. The number of rotatable bonds is 5. The van der Waals surface area contributed by atoms with Crippen LogP contribution in [0.3, 0.4) is 0 Å². The van der Waals surface area contributed by atoms with Crippen LogP contribution in [0.4, 0.5) is 24.8 Å². The van der Waals surface area contributed by atoms with Crippen molar-refractivity contribution in [3.63, 3.8) is 0 Å². The molecule has 0 aliphatic carbocycles. The van der Waals surface area contributed by atoms with Crippen LogP contribution >= 0.6 is 11.6 Å². The van der Waals surface area contributed by atoms with Gasteiger partial charge >= 0.3 is 6.18 Å². The van der Waals surface area contributed by atoms with E-state index in [0.29, 0.717) is 36.6 Å². The first kappa shape index (κ1) is 18.5. The number of halogens is 4. The van der Waals surface area contributed by atoms with Gasteiger partial charge in [0.2, 0.25) is 5.95 Å². The number of nitrogens with zero attached hydrogens (tertiary/aromatic N) is 2. The molecule has 140 valence electrons. The van der Waals surface area contributed by atoms with Crippen LogP contribution in [0.25, 0.3) is 0 Å². The molecule has 0 amide bonds. The molecule has 0 spiro atoms. The molecule has 1 N–H and O–H groups in total. The summed E-state index contributed by atoms with van der Waals surface area (Å²) >= 11 is 5.60. The Labute approximate surface area is 152 Å². The van der Waals surface area contributed by atoms with Crippen molar-refractivity contribution in [3.05, 3.63) is 35.1 Å². The normalized spacial score (nSPS) is 17.2. The Kier molecular flexibility index (Phi) is 5.38. The Hall–Kier alpha value is -2.26. The van der Waals surface area contributed by atoms with Crippen LogP contribution in [0.1, 0.15) is 12.0 Å². The molecule has 1 unspecified atom stereocenters. The zero-order valence-electron chi connectivity index (χ0n) is 13.6. The van der Waals surface area contributed by atoms with Gasteiger partial charge in [0.25, 0.3) is 0 Å². The maximum Gasteiger partial charge on any atom is 0.420 e. The van der Waals surface area contributed by atoms with E-state index in [2.05, 4.69) is 15.3 Å². The first-order valence-corrected chi connectivity index (χ1v) is 8.04. The summed E-state index contributed by atoms with van der Waals surface area (Å²) < 4.78 is 54.5. The second kappa shape index (κ2) is 7.55. The predicted octanol–water partition coefficient (Wildman–Crippen LogP) is 4.07. The number of nitrogens with one attached hydrogen (secondary N) is 1. The largest absolute Gasteiger partial charge is 0.494 e. The van der Waals surface area contributed by atoms with Crippen molar-refractivity contribution >= 4 is 23.2 Å². The highest BCUT2D eigenvalue weighted by Crippen LogP contribution is 2.35. The monoisotopic (exact) mass is 389 g/mol. The Morgan fingerprint density at radius 2 is 2.15 bits per heavy atom. The summed E-state index contributed by atoms with van der Waals surface area (Å²) in [4.78, 5) is 7.29. The van der Waals surface area contributed by atoms with E-state index >= 15 is 0 Å². The molecule has 10 heteroatoms. The molecule has 6 nitrogen and oxygen atoms in total. The predicted molar refractivity (Wildman–Crippen MR) is 88.2 cm³/mol. The van der Waals surface area contributed by atoms with E-state index in [4.69, 9.17) is 25.8 Å². The molecule has 0 bridgehead atoms. The van der Waals surface area contributed by atoms with Gasteiger partial charge < -0.3 is 19.5 Å². The van der Waals surface area contributed by atoms with Gasteiger partial charge in [-0.15, -0.1) is 0 Å². The van der Waals surface area contributed by atoms with Crippen molar-refractivity contribution in [2.24, 2.45) is 0 Å². The number of benzene rings is 1. The lowest BCUT2D eigenvalue weighted by molar-refractivity contribution is -0.137. The summed E-state index contributed by atoms with van der Waals surface area (Å²) in [5.41, 5.74) is -0.641. The van der Waals surface area contributed by atoms with Crippen LogP contribution < -0.4 is 14.8 Å². The molecule has 1 aliphatic rings. The van der Waals surface area contributed by atoms with Crippen LogP contribution in [-0.4, -0.2) is 36.4 Å². The van der Waals surface area contributed by atoms with E-state index in [1.165, 1.54) is 7.11 Å². The molecule has 1 aliphatic heterocycles. The van der Waals surface area contributed by atoms with Crippen LogP contribution in [0.2, 0.25) is 5.15 Å². The van der Waals surface area contributed by atoms with Crippen molar-refractivity contribution in [1.29, 1.82) is 0 Å². The van der Waals surface area contributed by atoms with Crippen molar-refractivity contribution in [2.75, 3.05) is 25.6 Å². The van der Waals surface area contributed by atoms with Crippen molar-refractivity contribution < 1.29 is 27.4 Å². The Morgan fingerprint density at radius 1 is 1.35 bits per heavy atom. The fraction of sp³-hybridized carbons (Fsp3) is 0.375. The zero-order chi connectivity index (χ0) is 18.7. The van der Waals surface area contributed by atoms with Crippen LogP contribution in [0.15, 0.2) is 24.4 Å². The Morgan fingerprint density at radius 3 is 2.77 bits per heavy atom. The quantitative estimate of drug-likeness (QED) is 0.778. The zero-order valence-corrected chi connectivity index (χ0v) is 14.4. The fourth-order valence-electron chi connectivity index (χ4n) is 2.38. The lowest BCUT2D eigenvalue weighted by Crippen LogP contribution is -2.15. The number of alkyl halides is 3. The smallest absolute Gasteiger partial charge is 0.420 e. The average molecular weight is 390 g/mol. The maximum absolute atomic E-state index is 12.7. The third-order valence-corrected chi connectivity index (χ3v) is 3.95. The molecule has 1 atom stereocenters.